The monoisotopic (exact) mass is 367 g/mol. The van der Waals surface area contributed by atoms with E-state index in [2.05, 4.69) is 10.3 Å². The van der Waals surface area contributed by atoms with Gasteiger partial charge in [0.15, 0.2) is 18.1 Å². The van der Waals surface area contributed by atoms with Gasteiger partial charge in [0.25, 0.3) is 11.5 Å². The van der Waals surface area contributed by atoms with E-state index in [1.807, 2.05) is 13.0 Å². The summed E-state index contributed by atoms with van der Waals surface area (Å²) in [5, 5.41) is 2.71. The molecule has 0 bridgehead atoms. The van der Waals surface area contributed by atoms with Crippen LogP contribution in [0.2, 0.25) is 0 Å². The lowest BCUT2D eigenvalue weighted by Crippen LogP contribution is -2.22. The van der Waals surface area contributed by atoms with E-state index in [0.29, 0.717) is 36.0 Å². The fraction of sp³-hybridized carbons (Fsp3) is 0.211. The zero-order valence-electron chi connectivity index (χ0n) is 14.6. The van der Waals surface area contributed by atoms with E-state index in [-0.39, 0.29) is 24.0 Å². The molecule has 1 aliphatic rings. The van der Waals surface area contributed by atoms with E-state index in [0.717, 1.165) is 5.56 Å². The Balaban J connectivity index is 1.44. The SMILES string of the molecule is Cc1cccn2c(=O)cc(OCC(=O)Nc3ccc4c(c3)OCCO4)nc12. The third-order valence-electron chi connectivity index (χ3n) is 4.04. The molecule has 0 radical (unpaired) electrons. The van der Waals surface area contributed by atoms with Crippen LogP contribution >= 0.6 is 0 Å². The number of aryl methyl sites for hydroxylation is 1. The molecule has 3 aromatic rings. The first-order chi connectivity index (χ1) is 13.1. The van der Waals surface area contributed by atoms with Crippen molar-refractivity contribution in [2.45, 2.75) is 6.92 Å². The van der Waals surface area contributed by atoms with Crippen molar-refractivity contribution in [1.82, 2.24) is 9.38 Å². The Labute approximate surface area is 154 Å². The molecular weight excluding hydrogens is 350 g/mol. The second kappa shape index (κ2) is 6.99. The van der Waals surface area contributed by atoms with Crippen molar-refractivity contribution in [3.8, 4) is 17.4 Å². The van der Waals surface area contributed by atoms with E-state index < -0.39 is 0 Å². The molecule has 4 rings (SSSR count). The molecule has 0 saturated carbocycles. The predicted octanol–water partition coefficient (Wildman–Crippen LogP) is 1.79. The molecular formula is C19H17N3O5. The Morgan fingerprint density at radius 1 is 1.22 bits per heavy atom. The van der Waals surface area contributed by atoms with Crippen LogP contribution in [0.15, 0.2) is 47.4 Å². The van der Waals surface area contributed by atoms with Crippen molar-refractivity contribution < 1.29 is 19.0 Å². The van der Waals surface area contributed by atoms with Crippen molar-refractivity contribution in [2.75, 3.05) is 25.1 Å². The molecule has 0 saturated heterocycles. The van der Waals surface area contributed by atoms with Crippen LogP contribution in [0.1, 0.15) is 5.56 Å². The summed E-state index contributed by atoms with van der Waals surface area (Å²) in [7, 11) is 0. The maximum absolute atomic E-state index is 12.2. The van der Waals surface area contributed by atoms with Gasteiger partial charge in [-0.3, -0.25) is 14.0 Å². The topological polar surface area (TPSA) is 91.2 Å². The zero-order valence-corrected chi connectivity index (χ0v) is 14.6. The van der Waals surface area contributed by atoms with Gasteiger partial charge in [-0.2, -0.15) is 4.98 Å². The minimum atomic E-state index is -0.376. The number of fused-ring (bicyclic) bond motifs is 2. The van der Waals surface area contributed by atoms with Gasteiger partial charge in [-0.05, 0) is 30.7 Å². The van der Waals surface area contributed by atoms with Gasteiger partial charge in [-0.25, -0.2) is 0 Å². The molecule has 0 spiro atoms. The summed E-state index contributed by atoms with van der Waals surface area (Å²) in [5.41, 5.74) is 1.62. The average Bonchev–Trinajstić information content (AvgIpc) is 2.67. The molecule has 1 aromatic carbocycles. The van der Waals surface area contributed by atoms with Gasteiger partial charge in [0.05, 0.1) is 6.07 Å². The molecule has 1 N–H and O–H groups in total. The van der Waals surface area contributed by atoms with Crippen LogP contribution in [0.3, 0.4) is 0 Å². The smallest absolute Gasteiger partial charge is 0.262 e. The molecule has 3 heterocycles. The third-order valence-corrected chi connectivity index (χ3v) is 4.04. The van der Waals surface area contributed by atoms with Crippen molar-refractivity contribution >= 4 is 17.2 Å². The average molecular weight is 367 g/mol. The molecule has 27 heavy (non-hydrogen) atoms. The third kappa shape index (κ3) is 3.55. The van der Waals surface area contributed by atoms with Crippen molar-refractivity contribution in [3.05, 3.63) is 58.5 Å². The number of benzene rings is 1. The Morgan fingerprint density at radius 2 is 2.04 bits per heavy atom. The number of carbonyl (C=O) groups is 1. The number of ether oxygens (including phenoxy) is 3. The van der Waals surface area contributed by atoms with Crippen LogP contribution in [0.25, 0.3) is 5.65 Å². The molecule has 8 nitrogen and oxygen atoms in total. The first kappa shape index (κ1) is 16.9. The van der Waals surface area contributed by atoms with Crippen LogP contribution in [0.5, 0.6) is 17.4 Å². The van der Waals surface area contributed by atoms with Gasteiger partial charge in [0.1, 0.15) is 18.9 Å². The molecule has 138 valence electrons. The van der Waals surface area contributed by atoms with Crippen LogP contribution in [-0.2, 0) is 4.79 Å². The number of anilines is 1. The number of hydrogen-bond acceptors (Lipinski definition) is 6. The Morgan fingerprint density at radius 3 is 2.89 bits per heavy atom. The summed E-state index contributed by atoms with van der Waals surface area (Å²) in [6.07, 6.45) is 1.63. The number of aromatic nitrogens is 2. The number of rotatable bonds is 4. The van der Waals surface area contributed by atoms with Crippen LogP contribution in [0, 0.1) is 6.92 Å². The van der Waals surface area contributed by atoms with E-state index in [9.17, 15) is 9.59 Å². The molecule has 1 amide bonds. The second-order valence-corrected chi connectivity index (χ2v) is 6.01. The van der Waals surface area contributed by atoms with E-state index in [4.69, 9.17) is 14.2 Å². The first-order valence-corrected chi connectivity index (χ1v) is 8.41. The maximum Gasteiger partial charge on any atom is 0.262 e. The minimum Gasteiger partial charge on any atom is -0.486 e. The lowest BCUT2D eigenvalue weighted by molar-refractivity contribution is -0.118. The number of nitrogens with one attached hydrogen (secondary N) is 1. The van der Waals surface area contributed by atoms with Crippen molar-refractivity contribution in [2.24, 2.45) is 0 Å². The summed E-state index contributed by atoms with van der Waals surface area (Å²) < 4.78 is 17.8. The number of nitrogens with zero attached hydrogens (tertiary/aromatic N) is 2. The summed E-state index contributed by atoms with van der Waals surface area (Å²) in [5.74, 6) is 0.955. The summed E-state index contributed by atoms with van der Waals surface area (Å²) in [6.45, 7) is 2.55. The van der Waals surface area contributed by atoms with E-state index in [1.54, 1.807) is 30.5 Å². The zero-order chi connectivity index (χ0) is 18.8. The quantitative estimate of drug-likeness (QED) is 0.756. The highest BCUT2D eigenvalue weighted by molar-refractivity contribution is 5.92. The minimum absolute atomic E-state index is 0.103. The van der Waals surface area contributed by atoms with Crippen LogP contribution in [0.4, 0.5) is 5.69 Å². The predicted molar refractivity (Wildman–Crippen MR) is 97.8 cm³/mol. The standard InChI is InChI=1S/C19H17N3O5/c1-12-3-2-6-22-18(24)10-17(21-19(12)22)27-11-16(23)20-13-4-5-14-15(9-13)26-8-7-25-14/h2-6,9-10H,7-8,11H2,1H3,(H,20,23). The lowest BCUT2D eigenvalue weighted by atomic mass is 10.2. The molecule has 2 aromatic heterocycles. The highest BCUT2D eigenvalue weighted by Crippen LogP contribution is 2.32. The summed E-state index contributed by atoms with van der Waals surface area (Å²) in [4.78, 5) is 28.6. The Kier molecular flexibility index (Phi) is 4.37. The van der Waals surface area contributed by atoms with Gasteiger partial charge in [-0.1, -0.05) is 6.07 Å². The van der Waals surface area contributed by atoms with Gasteiger partial charge in [0.2, 0.25) is 5.88 Å². The van der Waals surface area contributed by atoms with Gasteiger partial charge in [-0.15, -0.1) is 0 Å². The fourth-order valence-electron chi connectivity index (χ4n) is 2.77. The highest BCUT2D eigenvalue weighted by Gasteiger charge is 2.13. The molecule has 0 atom stereocenters. The number of carbonyl (C=O) groups excluding carboxylic acids is 1. The van der Waals surface area contributed by atoms with E-state index in [1.165, 1.54) is 10.5 Å². The fourth-order valence-corrected chi connectivity index (χ4v) is 2.77. The second-order valence-electron chi connectivity index (χ2n) is 6.01. The van der Waals surface area contributed by atoms with Crippen molar-refractivity contribution in [1.29, 1.82) is 0 Å². The lowest BCUT2D eigenvalue weighted by Gasteiger charge is -2.19. The molecule has 0 unspecified atom stereocenters. The summed E-state index contributed by atoms with van der Waals surface area (Å²) >= 11 is 0. The van der Waals surface area contributed by atoms with Crippen molar-refractivity contribution in [3.63, 3.8) is 0 Å². The maximum atomic E-state index is 12.2. The van der Waals surface area contributed by atoms with Crippen LogP contribution < -0.4 is 25.1 Å². The van der Waals surface area contributed by atoms with Gasteiger partial charge >= 0.3 is 0 Å². The van der Waals surface area contributed by atoms with Crippen LogP contribution in [-0.4, -0.2) is 35.1 Å². The van der Waals surface area contributed by atoms with E-state index >= 15 is 0 Å². The largest absolute Gasteiger partial charge is 0.486 e. The number of amides is 1. The number of hydrogen-bond donors (Lipinski definition) is 1. The highest BCUT2D eigenvalue weighted by atomic mass is 16.6. The molecule has 8 heteroatoms. The Hall–Kier alpha value is -3.55. The Bertz CT molecular complexity index is 1080. The first-order valence-electron chi connectivity index (χ1n) is 8.41. The molecule has 1 aliphatic heterocycles. The van der Waals surface area contributed by atoms with Gasteiger partial charge in [0, 0.05) is 18.0 Å². The molecule has 0 fully saturated rings. The molecule has 0 aliphatic carbocycles. The summed E-state index contributed by atoms with van der Waals surface area (Å²) in [6, 6.07) is 10.0. The number of pyridine rings is 1. The normalized spacial score (nSPS) is 12.6. The van der Waals surface area contributed by atoms with Gasteiger partial charge < -0.3 is 19.5 Å².